The molecule has 2 atom stereocenters. The van der Waals surface area contributed by atoms with E-state index in [1.807, 2.05) is 11.8 Å². The van der Waals surface area contributed by atoms with Crippen molar-refractivity contribution in [3.63, 3.8) is 0 Å². The van der Waals surface area contributed by atoms with E-state index < -0.39 is 0 Å². The van der Waals surface area contributed by atoms with Gasteiger partial charge in [0.2, 0.25) is 0 Å². The minimum absolute atomic E-state index is 0.116. The number of hydrogen-bond acceptors (Lipinski definition) is 4. The Kier molecular flexibility index (Phi) is 4.72. The zero-order valence-corrected chi connectivity index (χ0v) is 11.7. The molecular weight excluding hydrogens is 246 g/mol. The van der Waals surface area contributed by atoms with Gasteiger partial charge in [0.1, 0.15) is 4.88 Å². The van der Waals surface area contributed by atoms with Gasteiger partial charge >= 0.3 is 0 Å². The smallest absolute Gasteiger partial charge is 0.265 e. The van der Waals surface area contributed by atoms with Gasteiger partial charge in [-0.2, -0.15) is 0 Å². The van der Waals surface area contributed by atoms with Crippen LogP contribution < -0.4 is 5.73 Å². The monoisotopic (exact) mass is 267 g/mol. The average Bonchev–Trinajstić information content (AvgIpc) is 2.94. The van der Waals surface area contributed by atoms with Crippen molar-refractivity contribution >= 4 is 17.2 Å². The van der Waals surface area contributed by atoms with E-state index in [0.29, 0.717) is 18.5 Å². The van der Waals surface area contributed by atoms with E-state index in [1.165, 1.54) is 24.2 Å². The maximum absolute atomic E-state index is 12.5. The number of thiazole rings is 1. The van der Waals surface area contributed by atoms with Crippen molar-refractivity contribution in [1.82, 2.24) is 9.88 Å². The number of carbonyl (C=O) groups excluding carboxylic acids is 1. The van der Waals surface area contributed by atoms with E-state index in [4.69, 9.17) is 5.73 Å². The first-order valence-corrected chi connectivity index (χ1v) is 7.55. The molecule has 0 radical (unpaired) electrons. The molecule has 1 heterocycles. The molecule has 4 nitrogen and oxygen atoms in total. The summed E-state index contributed by atoms with van der Waals surface area (Å²) in [6.07, 6.45) is 6.34. The molecule has 5 heteroatoms. The van der Waals surface area contributed by atoms with Crippen LogP contribution in [0.2, 0.25) is 0 Å². The highest BCUT2D eigenvalue weighted by Crippen LogP contribution is 2.29. The van der Waals surface area contributed by atoms with Crippen molar-refractivity contribution in [2.75, 3.05) is 13.1 Å². The second-order valence-electron chi connectivity index (χ2n) is 4.80. The molecule has 1 fully saturated rings. The summed E-state index contributed by atoms with van der Waals surface area (Å²) >= 11 is 1.41. The van der Waals surface area contributed by atoms with Gasteiger partial charge in [0, 0.05) is 12.6 Å². The van der Waals surface area contributed by atoms with E-state index >= 15 is 0 Å². The van der Waals surface area contributed by atoms with E-state index in [2.05, 4.69) is 4.98 Å². The van der Waals surface area contributed by atoms with Gasteiger partial charge < -0.3 is 10.6 Å². The first kappa shape index (κ1) is 13.5. The highest BCUT2D eigenvalue weighted by atomic mass is 32.1. The topological polar surface area (TPSA) is 59.2 Å². The van der Waals surface area contributed by atoms with Crippen molar-refractivity contribution < 1.29 is 4.79 Å². The lowest BCUT2D eigenvalue weighted by Gasteiger charge is -2.39. The summed E-state index contributed by atoms with van der Waals surface area (Å²) < 4.78 is 0. The Balaban J connectivity index is 2.14. The summed E-state index contributed by atoms with van der Waals surface area (Å²) in [5.41, 5.74) is 7.57. The fourth-order valence-corrected chi connectivity index (χ4v) is 3.44. The van der Waals surface area contributed by atoms with E-state index in [9.17, 15) is 4.79 Å². The van der Waals surface area contributed by atoms with Crippen LogP contribution in [-0.2, 0) is 0 Å². The van der Waals surface area contributed by atoms with Crippen LogP contribution in [0.3, 0.4) is 0 Å². The Hall–Kier alpha value is -0.940. The molecule has 0 aliphatic heterocycles. The van der Waals surface area contributed by atoms with Crippen LogP contribution in [0.15, 0.2) is 11.7 Å². The summed E-state index contributed by atoms with van der Waals surface area (Å²) in [6, 6.07) is 0.309. The third kappa shape index (κ3) is 2.72. The van der Waals surface area contributed by atoms with Crippen molar-refractivity contribution in [3.8, 4) is 0 Å². The molecule has 2 N–H and O–H groups in total. The third-order valence-electron chi connectivity index (χ3n) is 3.82. The highest BCUT2D eigenvalue weighted by Gasteiger charge is 2.32. The lowest BCUT2D eigenvalue weighted by Crippen LogP contribution is -2.47. The molecule has 0 spiro atoms. The first-order chi connectivity index (χ1) is 8.77. The van der Waals surface area contributed by atoms with Gasteiger partial charge in [0.15, 0.2) is 0 Å². The zero-order chi connectivity index (χ0) is 13.0. The fourth-order valence-electron chi connectivity index (χ4n) is 2.86. The minimum Gasteiger partial charge on any atom is -0.335 e. The van der Waals surface area contributed by atoms with Crippen molar-refractivity contribution in [3.05, 3.63) is 16.6 Å². The molecule has 2 unspecified atom stereocenters. The second kappa shape index (κ2) is 6.29. The molecule has 0 aromatic carbocycles. The van der Waals surface area contributed by atoms with Crippen LogP contribution >= 0.6 is 11.3 Å². The molecule has 1 aromatic heterocycles. The number of amides is 1. The molecular formula is C13H21N3OS. The zero-order valence-electron chi connectivity index (χ0n) is 10.8. The Bertz CT molecular complexity index is 380. The third-order valence-corrected chi connectivity index (χ3v) is 4.58. The normalized spacial score (nSPS) is 23.9. The summed E-state index contributed by atoms with van der Waals surface area (Å²) in [4.78, 5) is 19.2. The molecule has 2 rings (SSSR count). The van der Waals surface area contributed by atoms with Crippen molar-refractivity contribution in [2.24, 2.45) is 11.7 Å². The van der Waals surface area contributed by atoms with Gasteiger partial charge in [-0.3, -0.25) is 9.78 Å². The van der Waals surface area contributed by atoms with Crippen LogP contribution in [0.5, 0.6) is 0 Å². The minimum atomic E-state index is 0.116. The van der Waals surface area contributed by atoms with Crippen LogP contribution in [0, 0.1) is 5.92 Å². The molecule has 1 amide bonds. The maximum atomic E-state index is 12.5. The standard InChI is InChI=1S/C13H21N3OS/c1-2-16(13(17)12-8-15-9-18-12)11-6-4-3-5-10(11)7-14/h8-11H,2-7,14H2,1H3. The van der Waals surface area contributed by atoms with E-state index in [1.54, 1.807) is 11.7 Å². The Morgan fingerprint density at radius 2 is 2.33 bits per heavy atom. The lowest BCUT2D eigenvalue weighted by atomic mass is 9.83. The molecule has 1 aliphatic rings. The summed E-state index contributed by atoms with van der Waals surface area (Å²) in [5, 5.41) is 0. The maximum Gasteiger partial charge on any atom is 0.265 e. The molecule has 0 bridgehead atoms. The van der Waals surface area contributed by atoms with Gasteiger partial charge in [-0.15, -0.1) is 11.3 Å². The Labute approximate surface area is 112 Å². The van der Waals surface area contributed by atoms with E-state index in [-0.39, 0.29) is 5.91 Å². The Morgan fingerprint density at radius 1 is 1.56 bits per heavy atom. The number of carbonyl (C=O) groups is 1. The van der Waals surface area contributed by atoms with Crippen LogP contribution in [0.1, 0.15) is 42.3 Å². The van der Waals surface area contributed by atoms with Gasteiger partial charge in [0.05, 0.1) is 11.7 Å². The SMILES string of the molecule is CCN(C(=O)c1cncs1)C1CCCCC1CN. The number of hydrogen-bond donors (Lipinski definition) is 1. The first-order valence-electron chi connectivity index (χ1n) is 6.67. The van der Waals surface area contributed by atoms with Gasteiger partial charge in [-0.05, 0) is 32.2 Å². The summed E-state index contributed by atoms with van der Waals surface area (Å²) in [7, 11) is 0. The predicted octanol–water partition coefficient (Wildman–Crippen LogP) is 2.12. The van der Waals surface area contributed by atoms with Crippen LogP contribution in [0.4, 0.5) is 0 Å². The van der Waals surface area contributed by atoms with Gasteiger partial charge in [0.25, 0.3) is 5.91 Å². The quantitative estimate of drug-likeness (QED) is 0.909. The average molecular weight is 267 g/mol. The lowest BCUT2D eigenvalue weighted by molar-refractivity contribution is 0.0564. The largest absolute Gasteiger partial charge is 0.335 e. The molecule has 1 aromatic rings. The van der Waals surface area contributed by atoms with E-state index in [0.717, 1.165) is 24.3 Å². The molecule has 18 heavy (non-hydrogen) atoms. The van der Waals surface area contributed by atoms with Crippen molar-refractivity contribution in [2.45, 2.75) is 38.6 Å². The second-order valence-corrected chi connectivity index (χ2v) is 5.69. The van der Waals surface area contributed by atoms with Crippen LogP contribution in [0.25, 0.3) is 0 Å². The summed E-state index contributed by atoms with van der Waals surface area (Å²) in [6.45, 7) is 3.47. The van der Waals surface area contributed by atoms with Crippen LogP contribution in [-0.4, -0.2) is 34.9 Å². The molecule has 0 saturated heterocycles. The van der Waals surface area contributed by atoms with Gasteiger partial charge in [-0.25, -0.2) is 0 Å². The van der Waals surface area contributed by atoms with Crippen molar-refractivity contribution in [1.29, 1.82) is 0 Å². The number of aromatic nitrogens is 1. The number of nitrogens with two attached hydrogens (primary N) is 1. The Morgan fingerprint density at radius 3 is 2.94 bits per heavy atom. The highest BCUT2D eigenvalue weighted by molar-refractivity contribution is 7.11. The number of rotatable bonds is 4. The molecule has 100 valence electrons. The number of nitrogens with zero attached hydrogens (tertiary/aromatic N) is 2. The summed E-state index contributed by atoms with van der Waals surface area (Å²) in [5.74, 6) is 0.570. The van der Waals surface area contributed by atoms with Gasteiger partial charge in [-0.1, -0.05) is 12.8 Å². The predicted molar refractivity (Wildman–Crippen MR) is 73.6 cm³/mol. The fraction of sp³-hybridized carbons (Fsp3) is 0.692. The molecule has 1 aliphatic carbocycles. The molecule has 1 saturated carbocycles.